The van der Waals surface area contributed by atoms with E-state index < -0.39 is 25.3 Å². The minimum atomic E-state index is -3.16. The van der Waals surface area contributed by atoms with Crippen LogP contribution < -0.4 is 9.47 Å². The number of aliphatic hydroxyl groups excluding tert-OH is 1. The number of benzene rings is 1. The zero-order valence-electron chi connectivity index (χ0n) is 14.7. The molecule has 9 heteroatoms. The molecule has 0 radical (unpaired) electrons. The fourth-order valence-corrected chi connectivity index (χ4v) is 3.25. The molecule has 0 spiro atoms. The molecule has 0 amide bonds. The van der Waals surface area contributed by atoms with Crippen molar-refractivity contribution in [2.45, 2.75) is 32.8 Å². The Morgan fingerprint density at radius 3 is 2.20 bits per heavy atom. The topological polar surface area (TPSA) is 74.2 Å². The third kappa shape index (κ3) is 7.28. The summed E-state index contributed by atoms with van der Waals surface area (Å²) in [5.41, 5.74) is 0. The SMILES string of the molecule is CCOP(=O)(CCCOc1ccc(OCCC(C)O)c(F)c1F)OC. The Hall–Kier alpha value is -1.21. The molecule has 1 aromatic rings. The first-order valence-corrected chi connectivity index (χ1v) is 9.76. The van der Waals surface area contributed by atoms with E-state index >= 15 is 0 Å². The minimum absolute atomic E-state index is 0.0268. The Morgan fingerprint density at radius 1 is 1.16 bits per heavy atom. The van der Waals surface area contributed by atoms with Gasteiger partial charge in [-0.3, -0.25) is 4.57 Å². The number of halogens is 2. The second-order valence-electron chi connectivity index (χ2n) is 5.31. The highest BCUT2D eigenvalue weighted by Crippen LogP contribution is 2.47. The summed E-state index contributed by atoms with van der Waals surface area (Å²) in [6.07, 6.45) is 0.120. The van der Waals surface area contributed by atoms with Gasteiger partial charge in [-0.1, -0.05) is 0 Å². The van der Waals surface area contributed by atoms with E-state index in [2.05, 4.69) is 0 Å². The number of ether oxygens (including phenoxy) is 2. The minimum Gasteiger partial charge on any atom is -0.490 e. The maximum absolute atomic E-state index is 14.0. The van der Waals surface area contributed by atoms with E-state index in [0.717, 1.165) is 0 Å². The molecular weight excluding hydrogens is 357 g/mol. The largest absolute Gasteiger partial charge is 0.490 e. The van der Waals surface area contributed by atoms with Gasteiger partial charge in [-0.2, -0.15) is 8.78 Å². The van der Waals surface area contributed by atoms with Gasteiger partial charge >= 0.3 is 7.60 Å². The lowest BCUT2D eigenvalue weighted by Gasteiger charge is -2.15. The molecule has 1 N–H and O–H groups in total. The van der Waals surface area contributed by atoms with Gasteiger partial charge in [0.25, 0.3) is 0 Å². The van der Waals surface area contributed by atoms with Crippen molar-refractivity contribution in [2.75, 3.05) is 33.1 Å². The summed E-state index contributed by atoms with van der Waals surface area (Å²) in [5.74, 6) is -2.82. The van der Waals surface area contributed by atoms with Gasteiger partial charge in [0.2, 0.25) is 11.6 Å². The molecule has 144 valence electrons. The van der Waals surface area contributed by atoms with E-state index in [9.17, 15) is 13.3 Å². The molecular formula is C16H25F2O6P. The summed E-state index contributed by atoms with van der Waals surface area (Å²) in [7, 11) is -1.87. The van der Waals surface area contributed by atoms with E-state index in [1.54, 1.807) is 13.8 Å². The van der Waals surface area contributed by atoms with Crippen LogP contribution in [0.2, 0.25) is 0 Å². The molecule has 0 heterocycles. The lowest BCUT2D eigenvalue weighted by atomic mass is 10.3. The molecule has 0 bridgehead atoms. The van der Waals surface area contributed by atoms with Crippen LogP contribution in [-0.2, 0) is 13.6 Å². The van der Waals surface area contributed by atoms with Gasteiger partial charge in [-0.05, 0) is 32.4 Å². The highest BCUT2D eigenvalue weighted by atomic mass is 31.2. The van der Waals surface area contributed by atoms with Crippen molar-refractivity contribution < 1.29 is 37.0 Å². The van der Waals surface area contributed by atoms with Crippen molar-refractivity contribution in [3.05, 3.63) is 23.8 Å². The fraction of sp³-hybridized carbons (Fsp3) is 0.625. The van der Waals surface area contributed by atoms with E-state index in [0.29, 0.717) is 12.8 Å². The van der Waals surface area contributed by atoms with Crippen LogP contribution in [0.15, 0.2) is 12.1 Å². The first-order chi connectivity index (χ1) is 11.8. The number of hydrogen-bond acceptors (Lipinski definition) is 6. The lowest BCUT2D eigenvalue weighted by molar-refractivity contribution is 0.153. The summed E-state index contributed by atoms with van der Waals surface area (Å²) < 4.78 is 60.1. The van der Waals surface area contributed by atoms with Crippen LogP contribution in [0.5, 0.6) is 11.5 Å². The maximum atomic E-state index is 14.0. The predicted octanol–water partition coefficient (Wildman–Crippen LogP) is 3.76. The summed E-state index contributed by atoms with van der Waals surface area (Å²) >= 11 is 0. The summed E-state index contributed by atoms with van der Waals surface area (Å²) in [6.45, 7) is 3.62. The van der Waals surface area contributed by atoms with E-state index in [-0.39, 0.29) is 37.5 Å². The summed E-state index contributed by atoms with van der Waals surface area (Å²) in [4.78, 5) is 0. The van der Waals surface area contributed by atoms with E-state index in [1.165, 1.54) is 19.2 Å². The second-order valence-corrected chi connectivity index (χ2v) is 7.61. The van der Waals surface area contributed by atoms with Crippen molar-refractivity contribution in [1.29, 1.82) is 0 Å². The Kier molecular flexibility index (Phi) is 9.35. The first kappa shape index (κ1) is 21.8. The zero-order valence-corrected chi connectivity index (χ0v) is 15.6. The van der Waals surface area contributed by atoms with Gasteiger partial charge < -0.3 is 23.6 Å². The van der Waals surface area contributed by atoms with Crippen LogP contribution >= 0.6 is 7.60 Å². The van der Waals surface area contributed by atoms with Crippen molar-refractivity contribution in [2.24, 2.45) is 0 Å². The zero-order chi connectivity index (χ0) is 18.9. The van der Waals surface area contributed by atoms with Crippen LogP contribution in [0.4, 0.5) is 8.78 Å². The average Bonchev–Trinajstić information content (AvgIpc) is 2.57. The molecule has 0 aromatic heterocycles. The number of rotatable bonds is 12. The standard InChI is InChI=1S/C16H25F2O6P/c1-4-24-25(20,21-3)11-5-9-22-13-6-7-14(16(18)15(13)17)23-10-8-12(2)19/h6-7,12,19H,4-5,8-11H2,1-3H3. The summed E-state index contributed by atoms with van der Waals surface area (Å²) in [5, 5.41) is 9.12. The Balaban J connectivity index is 2.54. The van der Waals surface area contributed by atoms with Gasteiger partial charge in [0.1, 0.15) is 0 Å². The maximum Gasteiger partial charge on any atom is 0.330 e. The molecule has 0 saturated carbocycles. The second kappa shape index (κ2) is 10.7. The molecule has 0 saturated heterocycles. The average molecular weight is 382 g/mol. The van der Waals surface area contributed by atoms with Crippen molar-refractivity contribution in [1.82, 2.24) is 0 Å². The molecule has 1 rings (SSSR count). The van der Waals surface area contributed by atoms with Gasteiger partial charge in [0.05, 0.1) is 32.1 Å². The molecule has 0 aliphatic heterocycles. The Morgan fingerprint density at radius 2 is 1.72 bits per heavy atom. The van der Waals surface area contributed by atoms with Gasteiger partial charge in [-0.25, -0.2) is 0 Å². The molecule has 0 fully saturated rings. The molecule has 6 nitrogen and oxygen atoms in total. The molecule has 0 aliphatic rings. The van der Waals surface area contributed by atoms with Crippen LogP contribution in [-0.4, -0.2) is 44.3 Å². The van der Waals surface area contributed by atoms with E-state index in [1.807, 2.05) is 0 Å². The molecule has 2 unspecified atom stereocenters. The fourth-order valence-electron chi connectivity index (χ4n) is 1.92. The number of hydrogen-bond donors (Lipinski definition) is 1. The first-order valence-electron chi connectivity index (χ1n) is 8.04. The summed E-state index contributed by atoms with van der Waals surface area (Å²) in [6, 6.07) is 2.52. The highest BCUT2D eigenvalue weighted by Gasteiger charge is 2.22. The Bertz CT molecular complexity index is 582. The molecule has 0 aliphatic carbocycles. The van der Waals surface area contributed by atoms with Gasteiger partial charge in [0, 0.05) is 13.5 Å². The van der Waals surface area contributed by atoms with Gasteiger partial charge in [-0.15, -0.1) is 0 Å². The van der Waals surface area contributed by atoms with Crippen molar-refractivity contribution in [3.63, 3.8) is 0 Å². The van der Waals surface area contributed by atoms with E-state index in [4.69, 9.17) is 23.6 Å². The molecule has 1 aromatic carbocycles. The predicted molar refractivity (Wildman–Crippen MR) is 89.4 cm³/mol. The normalized spacial score (nSPS) is 14.8. The molecule has 2 atom stereocenters. The number of aliphatic hydroxyl groups is 1. The highest BCUT2D eigenvalue weighted by molar-refractivity contribution is 7.53. The molecule has 25 heavy (non-hydrogen) atoms. The van der Waals surface area contributed by atoms with Crippen LogP contribution in [0, 0.1) is 11.6 Å². The third-order valence-electron chi connectivity index (χ3n) is 3.24. The van der Waals surface area contributed by atoms with Crippen LogP contribution in [0.1, 0.15) is 26.7 Å². The van der Waals surface area contributed by atoms with Crippen LogP contribution in [0.3, 0.4) is 0 Å². The van der Waals surface area contributed by atoms with Crippen molar-refractivity contribution in [3.8, 4) is 11.5 Å². The third-order valence-corrected chi connectivity index (χ3v) is 5.31. The Labute approximate surface area is 146 Å². The lowest BCUT2D eigenvalue weighted by Crippen LogP contribution is -2.09. The monoisotopic (exact) mass is 382 g/mol. The van der Waals surface area contributed by atoms with Crippen LogP contribution in [0.25, 0.3) is 0 Å². The smallest absolute Gasteiger partial charge is 0.330 e. The van der Waals surface area contributed by atoms with Gasteiger partial charge in [0.15, 0.2) is 11.5 Å². The van der Waals surface area contributed by atoms with Crippen molar-refractivity contribution >= 4 is 7.60 Å². The quantitative estimate of drug-likeness (QED) is 0.438.